The first kappa shape index (κ1) is 15.7. The minimum absolute atomic E-state index is 0.0357. The number of hydrogen-bond acceptors (Lipinski definition) is 5. The molecule has 2 aromatic heterocycles. The van der Waals surface area contributed by atoms with Crippen LogP contribution in [0.3, 0.4) is 0 Å². The lowest BCUT2D eigenvalue weighted by Gasteiger charge is -2.34. The minimum atomic E-state index is -0.205. The van der Waals surface area contributed by atoms with Gasteiger partial charge in [-0.15, -0.1) is 0 Å². The van der Waals surface area contributed by atoms with Gasteiger partial charge >= 0.3 is 0 Å². The number of ether oxygens (including phenoxy) is 1. The smallest absolute Gasteiger partial charge is 0.254 e. The Morgan fingerprint density at radius 1 is 1.20 bits per heavy atom. The molecule has 3 aromatic rings. The van der Waals surface area contributed by atoms with E-state index in [0.29, 0.717) is 31.1 Å². The lowest BCUT2D eigenvalue weighted by atomic mass is 10.1. The molecule has 6 heteroatoms. The number of carbonyl (C=O) groups excluding carboxylic acids is 1. The summed E-state index contributed by atoms with van der Waals surface area (Å²) in [7, 11) is 0. The van der Waals surface area contributed by atoms with Crippen molar-refractivity contribution in [2.75, 3.05) is 19.8 Å². The number of nitrogens with zero attached hydrogens (tertiary/aromatic N) is 2. The maximum absolute atomic E-state index is 13.0. The van der Waals surface area contributed by atoms with Crippen molar-refractivity contribution in [2.45, 2.75) is 13.0 Å². The van der Waals surface area contributed by atoms with Crippen molar-refractivity contribution >= 4 is 5.91 Å². The summed E-state index contributed by atoms with van der Waals surface area (Å²) < 4.78 is 16.5. The molecule has 0 radical (unpaired) electrons. The predicted molar refractivity (Wildman–Crippen MR) is 90.0 cm³/mol. The van der Waals surface area contributed by atoms with Gasteiger partial charge in [0.05, 0.1) is 19.4 Å². The molecule has 3 heterocycles. The van der Waals surface area contributed by atoms with Crippen LogP contribution in [-0.4, -0.2) is 35.5 Å². The van der Waals surface area contributed by atoms with Crippen LogP contribution in [0, 0.1) is 6.92 Å². The van der Waals surface area contributed by atoms with Crippen LogP contribution in [0.15, 0.2) is 57.8 Å². The highest BCUT2D eigenvalue weighted by Crippen LogP contribution is 2.28. The van der Waals surface area contributed by atoms with Gasteiger partial charge < -0.3 is 18.5 Å². The Morgan fingerprint density at radius 3 is 2.72 bits per heavy atom. The highest BCUT2D eigenvalue weighted by atomic mass is 16.5. The molecule has 0 aliphatic carbocycles. The van der Waals surface area contributed by atoms with E-state index in [9.17, 15) is 4.79 Å². The van der Waals surface area contributed by atoms with Gasteiger partial charge in [-0.05, 0) is 31.2 Å². The van der Waals surface area contributed by atoms with Gasteiger partial charge in [0.2, 0.25) is 0 Å². The third-order valence-electron chi connectivity index (χ3n) is 4.33. The molecule has 1 aliphatic heterocycles. The van der Waals surface area contributed by atoms with Crippen molar-refractivity contribution in [1.29, 1.82) is 0 Å². The fraction of sp³-hybridized carbons (Fsp3) is 0.263. The zero-order valence-electron chi connectivity index (χ0n) is 13.8. The predicted octanol–water partition coefficient (Wildman–Crippen LogP) is 3.46. The van der Waals surface area contributed by atoms with E-state index >= 15 is 0 Å². The van der Waals surface area contributed by atoms with Crippen LogP contribution in [-0.2, 0) is 4.74 Å². The Labute approximate surface area is 145 Å². The van der Waals surface area contributed by atoms with E-state index in [4.69, 9.17) is 13.6 Å². The summed E-state index contributed by atoms with van der Waals surface area (Å²) in [6, 6.07) is 10.9. The molecule has 0 bridgehead atoms. The first-order valence-corrected chi connectivity index (χ1v) is 8.16. The van der Waals surface area contributed by atoms with Crippen molar-refractivity contribution < 1.29 is 18.4 Å². The van der Waals surface area contributed by atoms with Crippen LogP contribution in [0.2, 0.25) is 0 Å². The lowest BCUT2D eigenvalue weighted by Crippen LogP contribution is -2.43. The quantitative estimate of drug-likeness (QED) is 0.731. The third kappa shape index (κ3) is 3.08. The summed E-state index contributed by atoms with van der Waals surface area (Å²) in [5.74, 6) is 2.22. The fourth-order valence-corrected chi connectivity index (χ4v) is 3.02. The zero-order valence-corrected chi connectivity index (χ0v) is 13.8. The van der Waals surface area contributed by atoms with Gasteiger partial charge in [0, 0.05) is 17.7 Å². The average Bonchev–Trinajstić information content (AvgIpc) is 3.33. The van der Waals surface area contributed by atoms with Crippen LogP contribution < -0.4 is 0 Å². The molecule has 1 atom stereocenters. The average molecular weight is 338 g/mol. The number of amides is 1. The molecule has 6 nitrogen and oxygen atoms in total. The van der Waals surface area contributed by atoms with Crippen molar-refractivity contribution in [3.63, 3.8) is 0 Å². The largest absolute Gasteiger partial charge is 0.464 e. The van der Waals surface area contributed by atoms with E-state index in [1.54, 1.807) is 18.3 Å². The Balaban J connectivity index is 1.58. The summed E-state index contributed by atoms with van der Waals surface area (Å²) in [5.41, 5.74) is 1.51. The number of aromatic nitrogens is 1. The van der Waals surface area contributed by atoms with E-state index in [1.807, 2.05) is 36.1 Å². The molecule has 1 saturated heterocycles. The topological polar surface area (TPSA) is 68.7 Å². The molecule has 0 spiro atoms. The molecule has 25 heavy (non-hydrogen) atoms. The molecule has 1 amide bonds. The van der Waals surface area contributed by atoms with E-state index in [-0.39, 0.29) is 11.9 Å². The van der Waals surface area contributed by atoms with E-state index in [2.05, 4.69) is 4.98 Å². The lowest BCUT2D eigenvalue weighted by molar-refractivity contribution is -0.00894. The van der Waals surface area contributed by atoms with Crippen molar-refractivity contribution in [3.8, 4) is 11.3 Å². The van der Waals surface area contributed by atoms with Gasteiger partial charge in [0.15, 0.2) is 12.2 Å². The number of rotatable bonds is 3. The molecular formula is C19H18N2O4. The number of benzene rings is 1. The zero-order chi connectivity index (χ0) is 17.2. The second-order valence-electron chi connectivity index (χ2n) is 5.98. The van der Waals surface area contributed by atoms with E-state index < -0.39 is 0 Å². The maximum atomic E-state index is 13.0. The molecule has 0 unspecified atom stereocenters. The molecule has 128 valence electrons. The number of furan rings is 1. The number of aryl methyl sites for hydroxylation is 1. The SMILES string of the molecule is Cc1ccc([C@H]2COCCN2C(=O)c2ccc(-c3cnco3)cc2)o1. The summed E-state index contributed by atoms with van der Waals surface area (Å²) in [6.07, 6.45) is 3.03. The fourth-order valence-electron chi connectivity index (χ4n) is 3.02. The molecular weight excluding hydrogens is 320 g/mol. The van der Waals surface area contributed by atoms with Gasteiger partial charge in [-0.3, -0.25) is 4.79 Å². The summed E-state index contributed by atoms with van der Waals surface area (Å²) in [4.78, 5) is 18.7. The Morgan fingerprint density at radius 2 is 2.04 bits per heavy atom. The van der Waals surface area contributed by atoms with Gasteiger partial charge in [-0.1, -0.05) is 12.1 Å². The maximum Gasteiger partial charge on any atom is 0.254 e. The van der Waals surface area contributed by atoms with Crippen molar-refractivity contribution in [3.05, 3.63) is 66.1 Å². The van der Waals surface area contributed by atoms with Crippen LogP contribution in [0.5, 0.6) is 0 Å². The number of oxazole rings is 1. The van der Waals surface area contributed by atoms with Crippen molar-refractivity contribution in [1.82, 2.24) is 9.88 Å². The normalized spacial score (nSPS) is 17.6. The summed E-state index contributed by atoms with van der Waals surface area (Å²) in [5, 5.41) is 0. The molecule has 1 aliphatic rings. The Hall–Kier alpha value is -2.86. The monoisotopic (exact) mass is 338 g/mol. The van der Waals surface area contributed by atoms with Crippen LogP contribution in [0.1, 0.15) is 27.9 Å². The molecule has 0 N–H and O–H groups in total. The molecule has 4 rings (SSSR count). The van der Waals surface area contributed by atoms with Crippen molar-refractivity contribution in [2.24, 2.45) is 0 Å². The number of carbonyl (C=O) groups is 1. The summed E-state index contributed by atoms with van der Waals surface area (Å²) in [6.45, 7) is 3.39. The van der Waals surface area contributed by atoms with Gasteiger partial charge in [0.1, 0.15) is 17.6 Å². The first-order valence-electron chi connectivity index (χ1n) is 8.16. The first-order chi connectivity index (χ1) is 12.2. The van der Waals surface area contributed by atoms with Gasteiger partial charge in [-0.25, -0.2) is 4.98 Å². The van der Waals surface area contributed by atoms with E-state index in [1.165, 1.54) is 6.39 Å². The van der Waals surface area contributed by atoms with Crippen LogP contribution >= 0.6 is 0 Å². The molecule has 1 fully saturated rings. The number of morpholine rings is 1. The molecule has 0 saturated carbocycles. The standard InChI is InChI=1S/C19H18N2O4/c1-13-2-7-17(25-13)16-11-23-9-8-21(16)19(22)15-5-3-14(4-6-15)18-10-20-12-24-18/h2-7,10,12,16H,8-9,11H2,1H3/t16-/m1/s1. The minimum Gasteiger partial charge on any atom is -0.464 e. The Bertz CT molecular complexity index is 852. The van der Waals surface area contributed by atoms with Crippen LogP contribution in [0.25, 0.3) is 11.3 Å². The second kappa shape index (κ2) is 6.57. The number of hydrogen-bond donors (Lipinski definition) is 0. The van der Waals surface area contributed by atoms with E-state index in [0.717, 1.165) is 17.1 Å². The van der Waals surface area contributed by atoms with Gasteiger partial charge in [-0.2, -0.15) is 0 Å². The van der Waals surface area contributed by atoms with Crippen LogP contribution in [0.4, 0.5) is 0 Å². The Kier molecular flexibility index (Phi) is 4.11. The third-order valence-corrected chi connectivity index (χ3v) is 4.33. The summed E-state index contributed by atoms with van der Waals surface area (Å²) >= 11 is 0. The highest BCUT2D eigenvalue weighted by molar-refractivity contribution is 5.95. The second-order valence-corrected chi connectivity index (χ2v) is 5.98. The van der Waals surface area contributed by atoms with Gasteiger partial charge in [0.25, 0.3) is 5.91 Å². The molecule has 1 aromatic carbocycles. The highest BCUT2D eigenvalue weighted by Gasteiger charge is 2.31.